The first-order valence-electron chi connectivity index (χ1n) is 13.0. The number of Topliss-reactive ketones (excluding diaryl/α,β-unsaturated/α-hetero) is 2. The molecule has 3 unspecified atom stereocenters. The third kappa shape index (κ3) is 4.26. The van der Waals surface area contributed by atoms with E-state index in [-0.39, 0.29) is 30.0 Å². The summed E-state index contributed by atoms with van der Waals surface area (Å²) in [6.45, 7) is 4.87. The normalized spacial score (nSPS) is 33.1. The van der Waals surface area contributed by atoms with Crippen LogP contribution in [0, 0.1) is 16.7 Å². The van der Waals surface area contributed by atoms with E-state index in [1.165, 1.54) is 25.8 Å². The molecular formula is C30H32O8S. The van der Waals surface area contributed by atoms with Crippen LogP contribution in [0.4, 0.5) is 0 Å². The van der Waals surface area contributed by atoms with Gasteiger partial charge in [0.1, 0.15) is 18.0 Å². The van der Waals surface area contributed by atoms with Crippen molar-refractivity contribution in [3.8, 4) is 0 Å². The summed E-state index contributed by atoms with van der Waals surface area (Å²) in [6.07, 6.45) is -0.853. The van der Waals surface area contributed by atoms with Crippen LogP contribution in [0.5, 0.6) is 0 Å². The highest BCUT2D eigenvalue weighted by Gasteiger charge is 2.64. The predicted molar refractivity (Wildman–Crippen MR) is 143 cm³/mol. The van der Waals surface area contributed by atoms with Gasteiger partial charge in [0.05, 0.1) is 17.6 Å². The number of carbonyl (C=O) groups is 4. The van der Waals surface area contributed by atoms with Crippen molar-refractivity contribution in [2.75, 3.05) is 13.7 Å². The molecule has 1 N–H and O–H groups in total. The summed E-state index contributed by atoms with van der Waals surface area (Å²) in [5, 5.41) is 13.1. The monoisotopic (exact) mass is 552 g/mol. The lowest BCUT2D eigenvalue weighted by Gasteiger charge is -2.53. The third-order valence-corrected chi connectivity index (χ3v) is 9.62. The average Bonchev–Trinajstić information content (AvgIpc) is 3.18. The molecular weight excluding hydrogens is 520 g/mol. The number of ketones is 2. The van der Waals surface area contributed by atoms with Gasteiger partial charge in [-0.05, 0) is 29.9 Å². The van der Waals surface area contributed by atoms with Gasteiger partial charge in [-0.2, -0.15) is 0 Å². The molecule has 0 bridgehead atoms. The number of aliphatic hydroxyl groups is 1. The highest BCUT2D eigenvalue weighted by atomic mass is 32.2. The molecule has 5 rings (SSSR count). The van der Waals surface area contributed by atoms with E-state index in [9.17, 15) is 24.3 Å². The number of benzene rings is 1. The average molecular weight is 553 g/mol. The topological polar surface area (TPSA) is 116 Å². The quantitative estimate of drug-likeness (QED) is 0.405. The summed E-state index contributed by atoms with van der Waals surface area (Å²) in [7, 11) is 1.47. The fourth-order valence-electron chi connectivity index (χ4n) is 6.87. The molecule has 1 saturated heterocycles. The van der Waals surface area contributed by atoms with E-state index in [0.29, 0.717) is 29.7 Å². The number of hydrogen-bond donors (Lipinski definition) is 1. The number of ether oxygens (including phenoxy) is 3. The molecule has 0 spiro atoms. The number of aliphatic hydroxyl groups excluding tert-OH is 1. The van der Waals surface area contributed by atoms with Crippen molar-refractivity contribution in [2.24, 2.45) is 16.7 Å². The molecule has 3 aliphatic carbocycles. The van der Waals surface area contributed by atoms with Crippen LogP contribution in [-0.4, -0.2) is 54.5 Å². The Morgan fingerprint density at radius 1 is 1.21 bits per heavy atom. The molecule has 1 aliphatic heterocycles. The molecule has 39 heavy (non-hydrogen) atoms. The number of cyclic esters (lactones) is 1. The van der Waals surface area contributed by atoms with Crippen molar-refractivity contribution in [1.82, 2.24) is 0 Å². The Morgan fingerprint density at radius 2 is 1.92 bits per heavy atom. The summed E-state index contributed by atoms with van der Waals surface area (Å²) in [6, 6.07) is 9.69. The van der Waals surface area contributed by atoms with Gasteiger partial charge in [0.25, 0.3) is 0 Å². The summed E-state index contributed by atoms with van der Waals surface area (Å²) in [4.78, 5) is 52.6. The van der Waals surface area contributed by atoms with Crippen molar-refractivity contribution in [3.63, 3.8) is 0 Å². The minimum atomic E-state index is -1.23. The van der Waals surface area contributed by atoms with E-state index in [2.05, 4.69) is 0 Å². The molecule has 1 aromatic carbocycles. The van der Waals surface area contributed by atoms with Gasteiger partial charge < -0.3 is 19.3 Å². The fraction of sp³-hybridized carbons (Fsp3) is 0.467. The third-order valence-electron chi connectivity index (χ3n) is 8.71. The zero-order chi connectivity index (χ0) is 28.1. The zero-order valence-electron chi connectivity index (χ0n) is 22.4. The summed E-state index contributed by atoms with van der Waals surface area (Å²) in [5.74, 6) is -2.28. The number of allylic oxidation sites excluding steroid dienone is 1. The van der Waals surface area contributed by atoms with Gasteiger partial charge in [-0.1, -0.05) is 37.3 Å². The second-order valence-electron chi connectivity index (χ2n) is 11.0. The second kappa shape index (κ2) is 10.1. The maximum atomic E-state index is 14.0. The fourth-order valence-corrected chi connectivity index (χ4v) is 7.72. The van der Waals surface area contributed by atoms with E-state index in [1.807, 2.05) is 30.3 Å². The number of fused-ring (bicyclic) bond motifs is 4. The van der Waals surface area contributed by atoms with Crippen molar-refractivity contribution in [3.05, 3.63) is 69.4 Å². The van der Waals surface area contributed by atoms with Gasteiger partial charge in [0.15, 0.2) is 5.76 Å². The Morgan fingerprint density at radius 3 is 2.59 bits per heavy atom. The van der Waals surface area contributed by atoms with E-state index in [1.54, 1.807) is 19.3 Å². The lowest BCUT2D eigenvalue weighted by atomic mass is 9.53. The van der Waals surface area contributed by atoms with Gasteiger partial charge in [0, 0.05) is 55.1 Å². The van der Waals surface area contributed by atoms with Gasteiger partial charge >= 0.3 is 11.9 Å². The number of carbonyl (C=O) groups excluding carboxylic acids is 4. The minimum Gasteiger partial charge on any atom is -0.504 e. The van der Waals surface area contributed by atoms with Crippen LogP contribution >= 0.6 is 11.8 Å². The van der Waals surface area contributed by atoms with Crippen LogP contribution in [-0.2, 0) is 39.1 Å². The summed E-state index contributed by atoms with van der Waals surface area (Å²) < 4.78 is 17.1. The Hall–Kier alpha value is -3.17. The zero-order valence-corrected chi connectivity index (χ0v) is 23.3. The van der Waals surface area contributed by atoms with E-state index in [0.717, 1.165) is 5.56 Å². The maximum absolute atomic E-state index is 14.0. The van der Waals surface area contributed by atoms with Crippen LogP contribution in [0.15, 0.2) is 63.8 Å². The molecule has 5 atom stereocenters. The molecule has 9 heteroatoms. The smallest absolute Gasteiger partial charge is 0.339 e. The predicted octanol–water partition coefficient (Wildman–Crippen LogP) is 4.39. The van der Waals surface area contributed by atoms with Crippen LogP contribution in [0.2, 0.25) is 0 Å². The highest BCUT2D eigenvalue weighted by molar-refractivity contribution is 8.01. The molecule has 4 aliphatic rings. The van der Waals surface area contributed by atoms with Crippen molar-refractivity contribution >= 4 is 35.3 Å². The molecule has 1 aromatic rings. The first-order valence-corrected chi connectivity index (χ1v) is 14.1. The number of rotatable bonds is 6. The molecule has 206 valence electrons. The van der Waals surface area contributed by atoms with Gasteiger partial charge in [-0.15, -0.1) is 11.8 Å². The molecule has 0 amide bonds. The molecule has 8 nitrogen and oxygen atoms in total. The lowest BCUT2D eigenvalue weighted by molar-refractivity contribution is -0.160. The van der Waals surface area contributed by atoms with Crippen LogP contribution in [0.1, 0.15) is 45.6 Å². The minimum absolute atomic E-state index is 0.00447. The largest absolute Gasteiger partial charge is 0.504 e. The summed E-state index contributed by atoms with van der Waals surface area (Å²) in [5.41, 5.74) is -0.0887. The van der Waals surface area contributed by atoms with Crippen molar-refractivity contribution in [1.29, 1.82) is 0 Å². The Bertz CT molecular complexity index is 1340. The number of esters is 2. The molecule has 1 saturated carbocycles. The standard InChI is InChI=1S/C30H32O8S/c1-16(31)37-20-12-29(2)19(10-11-21(29)32)23-25(20)30(3)22(13-36-4)38-28(35)18(24(30)27(34)26(23)33)15-39-14-17-8-6-5-7-9-17/h5-9,15,19-20,22,34H,10-14H2,1-4H3/b18-15+/t19?,20?,22?,29-,30-/m0/s1. The SMILES string of the molecule is COCC1OC(=O)/C(=C/SCc2ccccc2)C2=C(O)C(=O)C3=C(C(OC(C)=O)C[C@]4(C)C(=O)CCC34)[C@]21C. The first-order chi connectivity index (χ1) is 18.5. The van der Waals surface area contributed by atoms with Crippen molar-refractivity contribution < 1.29 is 38.5 Å². The van der Waals surface area contributed by atoms with E-state index in [4.69, 9.17) is 14.2 Å². The van der Waals surface area contributed by atoms with Gasteiger partial charge in [0.2, 0.25) is 5.78 Å². The van der Waals surface area contributed by atoms with Gasteiger partial charge in [-0.3, -0.25) is 14.4 Å². The number of thioether (sulfide) groups is 1. The van der Waals surface area contributed by atoms with Crippen LogP contribution < -0.4 is 0 Å². The van der Waals surface area contributed by atoms with E-state index >= 15 is 0 Å². The maximum Gasteiger partial charge on any atom is 0.339 e. The Balaban J connectivity index is 1.68. The first kappa shape index (κ1) is 27.4. The highest BCUT2D eigenvalue weighted by Crippen LogP contribution is 2.62. The second-order valence-corrected chi connectivity index (χ2v) is 11.9. The van der Waals surface area contributed by atoms with Crippen LogP contribution in [0.3, 0.4) is 0 Å². The van der Waals surface area contributed by atoms with E-state index < -0.39 is 52.4 Å². The Labute approximate surface area is 231 Å². The molecule has 1 heterocycles. The van der Waals surface area contributed by atoms with Gasteiger partial charge in [-0.25, -0.2) is 4.79 Å². The number of methoxy groups -OCH3 is 1. The summed E-state index contributed by atoms with van der Waals surface area (Å²) >= 11 is 1.35. The van der Waals surface area contributed by atoms with Crippen LogP contribution in [0.25, 0.3) is 0 Å². The molecule has 0 aromatic heterocycles. The number of hydrogen-bond acceptors (Lipinski definition) is 9. The van der Waals surface area contributed by atoms with Crippen molar-refractivity contribution in [2.45, 2.75) is 58.0 Å². The molecule has 0 radical (unpaired) electrons. The molecule has 2 fully saturated rings. The Kier molecular flexibility index (Phi) is 7.09. The lowest BCUT2D eigenvalue weighted by Crippen LogP contribution is -2.56.